The van der Waals surface area contributed by atoms with E-state index in [1.54, 1.807) is 30.5 Å². The molecular formula is C22H17F3N2O4. The molecule has 0 amide bonds. The predicted octanol–water partition coefficient (Wildman–Crippen LogP) is 4.63. The number of carboxylic acid groups (broad SMARTS) is 2. The van der Waals surface area contributed by atoms with E-state index >= 15 is 0 Å². The Morgan fingerprint density at radius 2 is 1.26 bits per heavy atom. The fourth-order valence-electron chi connectivity index (χ4n) is 2.48. The van der Waals surface area contributed by atoms with E-state index in [1.165, 1.54) is 0 Å². The maximum atomic E-state index is 10.8. The number of hydrazone groups is 1. The predicted molar refractivity (Wildman–Crippen MR) is 112 cm³/mol. The second-order valence-electron chi connectivity index (χ2n) is 6.21. The third-order valence-electron chi connectivity index (χ3n) is 3.98. The third kappa shape index (κ3) is 7.00. The van der Waals surface area contributed by atoms with Gasteiger partial charge in [0, 0.05) is 0 Å². The second-order valence-corrected chi connectivity index (χ2v) is 6.21. The number of carbonyl (C=O) groups is 2. The summed E-state index contributed by atoms with van der Waals surface area (Å²) >= 11 is 0. The molecule has 0 saturated carbocycles. The number of aromatic carboxylic acids is 1. The lowest BCUT2D eigenvalue weighted by molar-refractivity contribution is -0.192. The minimum Gasteiger partial charge on any atom is -0.478 e. The van der Waals surface area contributed by atoms with E-state index in [0.717, 1.165) is 27.5 Å². The highest BCUT2D eigenvalue weighted by Crippen LogP contribution is 2.19. The molecule has 0 saturated heterocycles. The van der Waals surface area contributed by atoms with Crippen LogP contribution in [0.5, 0.6) is 0 Å². The van der Waals surface area contributed by atoms with Gasteiger partial charge in [-0.1, -0.05) is 48.6 Å². The van der Waals surface area contributed by atoms with Gasteiger partial charge in [0.05, 0.1) is 11.8 Å². The molecule has 4 N–H and O–H groups in total. The fourth-order valence-corrected chi connectivity index (χ4v) is 2.48. The van der Waals surface area contributed by atoms with Crippen LogP contribution in [-0.2, 0) is 4.79 Å². The Morgan fingerprint density at radius 3 is 1.74 bits per heavy atom. The quantitative estimate of drug-likeness (QED) is 0.242. The summed E-state index contributed by atoms with van der Waals surface area (Å²) in [6.07, 6.45) is 0.501. The van der Waals surface area contributed by atoms with Crippen LogP contribution in [-0.4, -0.2) is 34.5 Å². The smallest absolute Gasteiger partial charge is 0.478 e. The van der Waals surface area contributed by atoms with Crippen LogP contribution in [0.1, 0.15) is 27.0 Å². The molecule has 0 bridgehead atoms. The molecule has 0 aliphatic heterocycles. The van der Waals surface area contributed by atoms with Gasteiger partial charge >= 0.3 is 18.1 Å². The molecule has 3 rings (SSSR count). The molecule has 9 heteroatoms. The molecule has 0 spiro atoms. The molecule has 160 valence electrons. The largest absolute Gasteiger partial charge is 0.490 e. The summed E-state index contributed by atoms with van der Waals surface area (Å²) in [5.41, 5.74) is 3.28. The van der Waals surface area contributed by atoms with Gasteiger partial charge in [0.25, 0.3) is 0 Å². The van der Waals surface area contributed by atoms with Crippen molar-refractivity contribution in [1.82, 2.24) is 0 Å². The Morgan fingerprint density at radius 1 is 0.806 bits per heavy atom. The number of nitrogens with two attached hydrogens (primary N) is 1. The van der Waals surface area contributed by atoms with Crippen LogP contribution in [0.2, 0.25) is 0 Å². The van der Waals surface area contributed by atoms with Crippen molar-refractivity contribution in [3.63, 3.8) is 0 Å². The van der Waals surface area contributed by atoms with Crippen molar-refractivity contribution in [3.05, 3.63) is 82.9 Å². The number of rotatable bonds is 4. The Labute approximate surface area is 174 Å². The average Bonchev–Trinajstić information content (AvgIpc) is 2.72. The molecule has 3 aromatic carbocycles. The Balaban J connectivity index is 0.000000423. The maximum absolute atomic E-state index is 10.8. The highest BCUT2D eigenvalue weighted by Gasteiger charge is 2.38. The van der Waals surface area contributed by atoms with Gasteiger partial charge in [0.15, 0.2) is 0 Å². The van der Waals surface area contributed by atoms with Crippen molar-refractivity contribution in [2.75, 3.05) is 0 Å². The monoisotopic (exact) mass is 430 g/mol. The summed E-state index contributed by atoms with van der Waals surface area (Å²) in [6.45, 7) is 0. The van der Waals surface area contributed by atoms with Gasteiger partial charge in [-0.05, 0) is 51.7 Å². The molecular weight excluding hydrogens is 413 g/mol. The summed E-state index contributed by atoms with van der Waals surface area (Å²) in [5, 5.41) is 21.8. The van der Waals surface area contributed by atoms with E-state index in [9.17, 15) is 18.0 Å². The topological polar surface area (TPSA) is 113 Å². The van der Waals surface area contributed by atoms with Crippen molar-refractivity contribution < 1.29 is 33.0 Å². The number of halogens is 3. The van der Waals surface area contributed by atoms with Crippen molar-refractivity contribution in [1.29, 1.82) is 0 Å². The van der Waals surface area contributed by atoms with Gasteiger partial charge in [-0.15, -0.1) is 0 Å². The van der Waals surface area contributed by atoms with Crippen molar-refractivity contribution in [2.24, 2.45) is 10.9 Å². The average molecular weight is 430 g/mol. The van der Waals surface area contributed by atoms with Crippen molar-refractivity contribution in [3.8, 4) is 0 Å². The summed E-state index contributed by atoms with van der Waals surface area (Å²) in [6, 6.07) is 19.0. The van der Waals surface area contributed by atoms with Gasteiger partial charge in [-0.3, -0.25) is 0 Å². The lowest BCUT2D eigenvalue weighted by Gasteiger charge is -2.02. The Kier molecular flexibility index (Phi) is 7.51. The lowest BCUT2D eigenvalue weighted by atomic mass is 10.0. The van der Waals surface area contributed by atoms with Gasteiger partial charge in [0.1, 0.15) is 0 Å². The molecule has 0 heterocycles. The molecule has 0 fully saturated rings. The SMILES string of the molecule is N/N=C\c1ccc2cc(/C=C/c3ccc(C(=O)O)cc3)ccc2c1.O=C(O)C(F)(F)F. The number of alkyl halides is 3. The number of fused-ring (bicyclic) bond motifs is 1. The number of hydrogen-bond acceptors (Lipinski definition) is 4. The van der Waals surface area contributed by atoms with E-state index in [1.807, 2.05) is 36.4 Å². The summed E-state index contributed by atoms with van der Waals surface area (Å²) < 4.78 is 31.7. The minimum atomic E-state index is -5.08. The molecule has 0 aromatic heterocycles. The molecule has 3 aromatic rings. The minimum absolute atomic E-state index is 0.287. The number of hydrogen-bond donors (Lipinski definition) is 3. The zero-order chi connectivity index (χ0) is 23.0. The highest BCUT2D eigenvalue weighted by atomic mass is 19.4. The summed E-state index contributed by atoms with van der Waals surface area (Å²) in [5.74, 6) is 1.50. The molecule has 0 unspecified atom stereocenters. The first kappa shape index (κ1) is 23.1. The highest BCUT2D eigenvalue weighted by molar-refractivity contribution is 5.92. The van der Waals surface area contributed by atoms with Crippen molar-refractivity contribution >= 4 is 41.1 Å². The van der Waals surface area contributed by atoms with Crippen LogP contribution in [0.3, 0.4) is 0 Å². The zero-order valence-electron chi connectivity index (χ0n) is 15.9. The summed E-state index contributed by atoms with van der Waals surface area (Å²) in [7, 11) is 0. The number of aliphatic carboxylic acids is 1. The van der Waals surface area contributed by atoms with Gasteiger partial charge in [-0.2, -0.15) is 18.3 Å². The van der Waals surface area contributed by atoms with E-state index in [-0.39, 0.29) is 5.56 Å². The first-order chi connectivity index (χ1) is 14.6. The van der Waals surface area contributed by atoms with E-state index in [2.05, 4.69) is 17.2 Å². The van der Waals surface area contributed by atoms with Crippen LogP contribution in [0.15, 0.2) is 65.8 Å². The van der Waals surface area contributed by atoms with Crippen LogP contribution in [0.25, 0.3) is 22.9 Å². The van der Waals surface area contributed by atoms with E-state index in [4.69, 9.17) is 20.9 Å². The van der Waals surface area contributed by atoms with Crippen LogP contribution in [0, 0.1) is 0 Å². The number of carboxylic acids is 2. The normalized spacial score (nSPS) is 11.5. The van der Waals surface area contributed by atoms with E-state index in [0.29, 0.717) is 0 Å². The molecule has 0 aliphatic rings. The van der Waals surface area contributed by atoms with Crippen LogP contribution < -0.4 is 5.84 Å². The Hall–Kier alpha value is -4.14. The molecule has 0 aliphatic carbocycles. The number of nitrogens with zero attached hydrogens (tertiary/aromatic N) is 1. The van der Waals surface area contributed by atoms with E-state index < -0.39 is 18.1 Å². The van der Waals surface area contributed by atoms with Crippen LogP contribution in [0.4, 0.5) is 13.2 Å². The zero-order valence-corrected chi connectivity index (χ0v) is 15.9. The first-order valence-corrected chi connectivity index (χ1v) is 8.69. The molecule has 0 atom stereocenters. The second kappa shape index (κ2) is 10.1. The van der Waals surface area contributed by atoms with Crippen LogP contribution >= 0.6 is 0 Å². The Bertz CT molecular complexity index is 1140. The number of benzene rings is 3. The third-order valence-corrected chi connectivity index (χ3v) is 3.98. The fraction of sp³-hybridized carbons (Fsp3) is 0.0455. The first-order valence-electron chi connectivity index (χ1n) is 8.69. The standard InChI is InChI=1S/C20H16N2O2.C2HF3O2/c21-22-13-16-6-10-18-11-15(5-9-19(18)12-16)2-1-14-3-7-17(8-4-14)20(23)24;3-2(4,5)1(6)7/h1-13H,21H2,(H,23,24);(H,6,7)/b2-1+,22-13-;. The molecule has 0 radical (unpaired) electrons. The van der Waals surface area contributed by atoms with Gasteiger partial charge in [0.2, 0.25) is 0 Å². The molecule has 6 nitrogen and oxygen atoms in total. The lowest BCUT2D eigenvalue weighted by Crippen LogP contribution is -2.21. The molecule has 31 heavy (non-hydrogen) atoms. The van der Waals surface area contributed by atoms with Crippen molar-refractivity contribution in [2.45, 2.75) is 6.18 Å². The van der Waals surface area contributed by atoms with Gasteiger partial charge < -0.3 is 16.1 Å². The maximum Gasteiger partial charge on any atom is 0.490 e. The van der Waals surface area contributed by atoms with Gasteiger partial charge in [-0.25, -0.2) is 9.59 Å². The summed E-state index contributed by atoms with van der Waals surface area (Å²) in [4.78, 5) is 19.7.